The van der Waals surface area contributed by atoms with Crippen LogP contribution in [0, 0.1) is 6.92 Å². The van der Waals surface area contributed by atoms with E-state index in [-0.39, 0.29) is 0 Å². The molecule has 3 heteroatoms. The first-order chi connectivity index (χ1) is 5.33. The molecule has 0 unspecified atom stereocenters. The van der Waals surface area contributed by atoms with Gasteiger partial charge in [0.25, 0.3) is 0 Å². The van der Waals surface area contributed by atoms with E-state index in [2.05, 4.69) is 10.9 Å². The summed E-state index contributed by atoms with van der Waals surface area (Å²) in [5, 5.41) is 0. The van der Waals surface area contributed by atoms with Gasteiger partial charge in [0.2, 0.25) is 6.41 Å². The molecule has 0 radical (unpaired) electrons. The van der Waals surface area contributed by atoms with Gasteiger partial charge in [-0.05, 0) is 24.6 Å². The number of hydrazine groups is 1. The van der Waals surface area contributed by atoms with Gasteiger partial charge in [-0.15, -0.1) is 0 Å². The van der Waals surface area contributed by atoms with E-state index in [4.69, 9.17) is 0 Å². The minimum Gasteiger partial charge on any atom is -0.299 e. The summed E-state index contributed by atoms with van der Waals surface area (Å²) < 4.78 is 0. The van der Waals surface area contributed by atoms with Gasteiger partial charge in [0, 0.05) is 0 Å². The van der Waals surface area contributed by atoms with E-state index in [9.17, 15) is 4.79 Å². The number of amides is 1. The summed E-state index contributed by atoms with van der Waals surface area (Å²) in [5.41, 5.74) is 7.12. The monoisotopic (exact) mass is 150 g/mol. The topological polar surface area (TPSA) is 41.1 Å². The number of hydrogen-bond donors (Lipinski definition) is 2. The smallest absolute Gasteiger partial charge is 0.225 e. The molecule has 0 aliphatic heterocycles. The molecule has 0 bridgehead atoms. The first-order valence-corrected chi connectivity index (χ1v) is 3.35. The average molecular weight is 150 g/mol. The van der Waals surface area contributed by atoms with Gasteiger partial charge in [-0.25, -0.2) is 0 Å². The zero-order valence-electron chi connectivity index (χ0n) is 6.29. The molecule has 1 aromatic carbocycles. The summed E-state index contributed by atoms with van der Waals surface area (Å²) in [6, 6.07) is 7.73. The van der Waals surface area contributed by atoms with E-state index in [1.54, 1.807) is 0 Å². The molecule has 3 nitrogen and oxygen atoms in total. The molecule has 2 N–H and O–H groups in total. The summed E-state index contributed by atoms with van der Waals surface area (Å²) in [6.07, 6.45) is 0.600. The Hall–Kier alpha value is -1.51. The van der Waals surface area contributed by atoms with E-state index < -0.39 is 0 Å². The van der Waals surface area contributed by atoms with Crippen molar-refractivity contribution in [1.82, 2.24) is 5.43 Å². The Bertz CT molecular complexity index is 248. The summed E-state index contributed by atoms with van der Waals surface area (Å²) in [6.45, 7) is 1.99. The Labute approximate surface area is 65.4 Å². The Kier molecular flexibility index (Phi) is 2.49. The van der Waals surface area contributed by atoms with Crippen molar-refractivity contribution in [2.75, 3.05) is 5.43 Å². The number of nitrogens with one attached hydrogen (secondary N) is 2. The van der Waals surface area contributed by atoms with Gasteiger partial charge < -0.3 is 0 Å². The molecule has 0 aliphatic rings. The maximum Gasteiger partial charge on any atom is 0.225 e. The first-order valence-electron chi connectivity index (χ1n) is 3.35. The van der Waals surface area contributed by atoms with E-state index >= 15 is 0 Å². The molecule has 0 atom stereocenters. The fraction of sp³-hybridized carbons (Fsp3) is 0.125. The molecule has 0 saturated heterocycles. The molecule has 11 heavy (non-hydrogen) atoms. The van der Waals surface area contributed by atoms with E-state index in [0.29, 0.717) is 6.41 Å². The van der Waals surface area contributed by atoms with Crippen LogP contribution in [0.2, 0.25) is 0 Å². The lowest BCUT2D eigenvalue weighted by Gasteiger charge is -2.03. The van der Waals surface area contributed by atoms with Gasteiger partial charge in [0.15, 0.2) is 0 Å². The summed E-state index contributed by atoms with van der Waals surface area (Å²) >= 11 is 0. The molecular formula is C8H10N2O. The first kappa shape index (κ1) is 7.60. The largest absolute Gasteiger partial charge is 0.299 e. The minimum absolute atomic E-state index is 0.600. The van der Waals surface area contributed by atoms with Gasteiger partial charge in [-0.2, -0.15) is 0 Å². The number of rotatable bonds is 3. The lowest BCUT2D eigenvalue weighted by atomic mass is 10.2. The Morgan fingerprint density at radius 3 is 2.91 bits per heavy atom. The molecule has 0 saturated carbocycles. The van der Waals surface area contributed by atoms with Crippen LogP contribution < -0.4 is 10.9 Å². The third kappa shape index (κ3) is 2.29. The molecular weight excluding hydrogens is 140 g/mol. The fourth-order valence-electron chi connectivity index (χ4n) is 0.836. The van der Waals surface area contributed by atoms with Gasteiger partial charge in [-0.1, -0.05) is 12.1 Å². The van der Waals surface area contributed by atoms with Crippen molar-refractivity contribution in [3.8, 4) is 0 Å². The van der Waals surface area contributed by atoms with Crippen LogP contribution in [0.25, 0.3) is 0 Å². The standard InChI is InChI=1S/C8H10N2O/c1-7-3-2-4-8(5-7)10-9-6-11/h2-6,10H,1H3,(H,9,11). The van der Waals surface area contributed by atoms with Crippen LogP contribution in [0.5, 0.6) is 0 Å². The average Bonchev–Trinajstić information content (AvgIpc) is 2.01. The number of carbonyl (C=O) groups is 1. The van der Waals surface area contributed by atoms with Crippen molar-refractivity contribution in [1.29, 1.82) is 0 Å². The van der Waals surface area contributed by atoms with Crippen molar-refractivity contribution in [2.24, 2.45) is 0 Å². The van der Waals surface area contributed by atoms with Crippen LogP contribution in [0.3, 0.4) is 0 Å². The van der Waals surface area contributed by atoms with Crippen molar-refractivity contribution < 1.29 is 4.79 Å². The zero-order chi connectivity index (χ0) is 8.10. The highest BCUT2D eigenvalue weighted by molar-refractivity contribution is 5.53. The highest BCUT2D eigenvalue weighted by atomic mass is 16.1. The molecule has 1 amide bonds. The minimum atomic E-state index is 0.600. The van der Waals surface area contributed by atoms with E-state index in [1.807, 2.05) is 31.2 Å². The van der Waals surface area contributed by atoms with E-state index in [1.165, 1.54) is 0 Å². The predicted molar refractivity (Wildman–Crippen MR) is 44.0 cm³/mol. The van der Waals surface area contributed by atoms with Crippen LogP contribution in [0.15, 0.2) is 24.3 Å². The third-order valence-corrected chi connectivity index (χ3v) is 1.29. The number of benzene rings is 1. The second-order valence-electron chi connectivity index (χ2n) is 2.26. The predicted octanol–water partition coefficient (Wildman–Crippen LogP) is 1.07. The molecule has 0 fully saturated rings. The Balaban J connectivity index is 2.63. The third-order valence-electron chi connectivity index (χ3n) is 1.29. The highest BCUT2D eigenvalue weighted by Gasteiger charge is 1.88. The number of aryl methyl sites for hydroxylation is 1. The molecule has 0 aromatic heterocycles. The maximum absolute atomic E-state index is 9.89. The number of carbonyl (C=O) groups excluding carboxylic acids is 1. The van der Waals surface area contributed by atoms with E-state index in [0.717, 1.165) is 11.3 Å². The van der Waals surface area contributed by atoms with Crippen molar-refractivity contribution in [3.63, 3.8) is 0 Å². The van der Waals surface area contributed by atoms with Crippen molar-refractivity contribution in [2.45, 2.75) is 6.92 Å². The normalized spacial score (nSPS) is 8.82. The van der Waals surface area contributed by atoms with Crippen molar-refractivity contribution in [3.05, 3.63) is 29.8 Å². The summed E-state index contributed by atoms with van der Waals surface area (Å²) in [5.74, 6) is 0. The number of anilines is 1. The van der Waals surface area contributed by atoms with Gasteiger partial charge in [0.1, 0.15) is 0 Å². The quantitative estimate of drug-likeness (QED) is 0.500. The van der Waals surface area contributed by atoms with Crippen LogP contribution in [-0.2, 0) is 4.79 Å². The van der Waals surface area contributed by atoms with Crippen LogP contribution >= 0.6 is 0 Å². The van der Waals surface area contributed by atoms with Crippen LogP contribution in [0.4, 0.5) is 5.69 Å². The Morgan fingerprint density at radius 2 is 2.27 bits per heavy atom. The van der Waals surface area contributed by atoms with Gasteiger partial charge in [-0.3, -0.25) is 15.6 Å². The second kappa shape index (κ2) is 3.61. The van der Waals surface area contributed by atoms with Crippen molar-refractivity contribution >= 4 is 12.1 Å². The summed E-state index contributed by atoms with van der Waals surface area (Å²) in [7, 11) is 0. The molecule has 1 aromatic rings. The molecule has 0 aliphatic carbocycles. The molecule has 1 rings (SSSR count). The molecule has 58 valence electrons. The van der Waals surface area contributed by atoms with Gasteiger partial charge >= 0.3 is 0 Å². The second-order valence-corrected chi connectivity index (χ2v) is 2.26. The Morgan fingerprint density at radius 1 is 1.45 bits per heavy atom. The van der Waals surface area contributed by atoms with Crippen LogP contribution in [0.1, 0.15) is 5.56 Å². The molecule has 0 spiro atoms. The summed E-state index contributed by atoms with van der Waals surface area (Å²) in [4.78, 5) is 9.89. The molecule has 0 heterocycles. The lowest BCUT2D eigenvalue weighted by Crippen LogP contribution is -2.18. The number of hydrogen-bond acceptors (Lipinski definition) is 2. The highest BCUT2D eigenvalue weighted by Crippen LogP contribution is 2.07. The van der Waals surface area contributed by atoms with Crippen LogP contribution in [-0.4, -0.2) is 6.41 Å². The zero-order valence-corrected chi connectivity index (χ0v) is 6.29. The van der Waals surface area contributed by atoms with Gasteiger partial charge in [0.05, 0.1) is 5.69 Å². The fourth-order valence-corrected chi connectivity index (χ4v) is 0.836. The maximum atomic E-state index is 9.89. The lowest BCUT2D eigenvalue weighted by molar-refractivity contribution is -0.109. The SMILES string of the molecule is Cc1cccc(NNC=O)c1.